The third-order valence-corrected chi connectivity index (χ3v) is 3.58. The maximum atomic E-state index is 12.1. The minimum atomic E-state index is -0.216. The lowest BCUT2D eigenvalue weighted by atomic mass is 10.1. The van der Waals surface area contributed by atoms with Gasteiger partial charge in [0.2, 0.25) is 0 Å². The summed E-state index contributed by atoms with van der Waals surface area (Å²) < 4.78 is 0. The zero-order valence-electron chi connectivity index (χ0n) is 11.6. The highest BCUT2D eigenvalue weighted by Gasteiger charge is 2.27. The maximum Gasteiger partial charge on any atom is 0.270 e. The first-order valence-electron chi connectivity index (χ1n) is 7.06. The predicted molar refractivity (Wildman–Crippen MR) is 77.5 cm³/mol. The molecule has 21 heavy (non-hydrogen) atoms. The average Bonchev–Trinajstić information content (AvgIpc) is 3.38. The van der Waals surface area contributed by atoms with E-state index in [4.69, 9.17) is 0 Å². The summed E-state index contributed by atoms with van der Waals surface area (Å²) in [6.07, 6.45) is 3.85. The Morgan fingerprint density at radius 1 is 1.24 bits per heavy atom. The fourth-order valence-electron chi connectivity index (χ4n) is 2.19. The Kier molecular flexibility index (Phi) is 3.92. The summed E-state index contributed by atoms with van der Waals surface area (Å²) in [5, 5.41) is 12.1. The van der Waals surface area contributed by atoms with E-state index in [1.54, 1.807) is 12.3 Å². The molecule has 108 valence electrons. The van der Waals surface area contributed by atoms with Crippen molar-refractivity contribution in [3.8, 4) is 0 Å². The molecule has 0 atom stereocenters. The highest BCUT2D eigenvalue weighted by molar-refractivity contribution is 5.92. The first kappa shape index (κ1) is 13.7. The van der Waals surface area contributed by atoms with Crippen LogP contribution in [0, 0.1) is 0 Å². The van der Waals surface area contributed by atoms with E-state index >= 15 is 0 Å². The molecule has 0 saturated heterocycles. The summed E-state index contributed by atoms with van der Waals surface area (Å²) >= 11 is 0. The van der Waals surface area contributed by atoms with Crippen LogP contribution in [0.5, 0.6) is 0 Å². The van der Waals surface area contributed by atoms with Crippen LogP contribution >= 0.6 is 0 Å². The smallest absolute Gasteiger partial charge is 0.270 e. The number of carbonyl (C=O) groups is 1. The van der Waals surface area contributed by atoms with Gasteiger partial charge in [0, 0.05) is 18.7 Å². The van der Waals surface area contributed by atoms with Gasteiger partial charge in [-0.1, -0.05) is 24.3 Å². The average molecular weight is 283 g/mol. The maximum absolute atomic E-state index is 12.1. The van der Waals surface area contributed by atoms with Crippen molar-refractivity contribution in [2.75, 3.05) is 0 Å². The Bertz CT molecular complexity index is 653. The number of rotatable bonds is 5. The molecule has 1 fully saturated rings. The third-order valence-electron chi connectivity index (χ3n) is 3.58. The van der Waals surface area contributed by atoms with Crippen LogP contribution in [0.1, 0.15) is 46.2 Å². The number of amides is 1. The number of hydrogen-bond acceptors (Lipinski definition) is 4. The number of hydrogen-bond donors (Lipinski definition) is 2. The van der Waals surface area contributed by atoms with E-state index in [2.05, 4.69) is 15.3 Å². The Hall–Kier alpha value is -2.27. The molecular weight excluding hydrogens is 266 g/mol. The number of carbonyl (C=O) groups excluding carboxylic acids is 1. The van der Waals surface area contributed by atoms with E-state index in [0.29, 0.717) is 18.2 Å². The van der Waals surface area contributed by atoms with Crippen molar-refractivity contribution in [2.45, 2.75) is 31.9 Å². The second-order valence-electron chi connectivity index (χ2n) is 5.18. The van der Waals surface area contributed by atoms with Crippen LogP contribution in [0.3, 0.4) is 0 Å². The van der Waals surface area contributed by atoms with E-state index in [1.165, 1.54) is 0 Å². The van der Waals surface area contributed by atoms with Crippen molar-refractivity contribution in [3.05, 3.63) is 59.2 Å². The van der Waals surface area contributed by atoms with E-state index in [1.807, 2.05) is 24.3 Å². The van der Waals surface area contributed by atoms with Gasteiger partial charge in [-0.05, 0) is 30.0 Å². The molecule has 5 heteroatoms. The van der Waals surface area contributed by atoms with Crippen LogP contribution in [0.25, 0.3) is 0 Å². The van der Waals surface area contributed by atoms with Gasteiger partial charge in [0.15, 0.2) is 0 Å². The van der Waals surface area contributed by atoms with Crippen molar-refractivity contribution < 1.29 is 9.90 Å². The van der Waals surface area contributed by atoms with E-state index in [0.717, 1.165) is 29.8 Å². The van der Waals surface area contributed by atoms with Gasteiger partial charge >= 0.3 is 0 Å². The van der Waals surface area contributed by atoms with Crippen LogP contribution in [0.2, 0.25) is 0 Å². The third kappa shape index (κ3) is 3.25. The molecule has 0 aliphatic heterocycles. The molecule has 1 aliphatic carbocycles. The largest absolute Gasteiger partial charge is 0.392 e. The van der Waals surface area contributed by atoms with Gasteiger partial charge in [-0.25, -0.2) is 9.97 Å². The molecule has 5 nitrogen and oxygen atoms in total. The van der Waals surface area contributed by atoms with E-state index < -0.39 is 0 Å². The topological polar surface area (TPSA) is 75.1 Å². The summed E-state index contributed by atoms with van der Waals surface area (Å²) in [5.74, 6) is 0.971. The fraction of sp³-hybridized carbons (Fsp3) is 0.312. The van der Waals surface area contributed by atoms with Gasteiger partial charge < -0.3 is 10.4 Å². The lowest BCUT2D eigenvalue weighted by molar-refractivity contribution is 0.0945. The highest BCUT2D eigenvalue weighted by Crippen LogP contribution is 2.37. The van der Waals surface area contributed by atoms with Crippen molar-refractivity contribution in [3.63, 3.8) is 0 Å². The predicted octanol–water partition coefficient (Wildman–Crippen LogP) is 1.78. The Morgan fingerprint density at radius 3 is 2.71 bits per heavy atom. The molecule has 0 bridgehead atoms. The van der Waals surface area contributed by atoms with Crippen LogP contribution in [-0.2, 0) is 13.2 Å². The number of aliphatic hydroxyl groups is 1. The number of aromatic nitrogens is 2. The van der Waals surface area contributed by atoms with Crippen LogP contribution < -0.4 is 5.32 Å². The minimum Gasteiger partial charge on any atom is -0.392 e. The highest BCUT2D eigenvalue weighted by atomic mass is 16.3. The molecule has 1 amide bonds. The normalized spacial score (nSPS) is 14.0. The summed E-state index contributed by atoms with van der Waals surface area (Å²) in [4.78, 5) is 20.7. The Morgan fingerprint density at radius 2 is 2.00 bits per heavy atom. The Labute approximate surface area is 123 Å². The monoisotopic (exact) mass is 283 g/mol. The lowest BCUT2D eigenvalue weighted by Crippen LogP contribution is -2.24. The van der Waals surface area contributed by atoms with E-state index in [9.17, 15) is 9.90 Å². The molecule has 2 N–H and O–H groups in total. The SMILES string of the molecule is O=C(NCc1ccccc1CO)c1ccnc(C2CC2)n1. The standard InChI is InChI=1S/C16H17N3O2/c20-10-13-4-2-1-3-12(13)9-18-16(21)14-7-8-17-15(19-14)11-5-6-11/h1-4,7-8,11,20H,5-6,9-10H2,(H,18,21). The number of nitrogens with one attached hydrogen (secondary N) is 1. The molecule has 0 spiro atoms. The molecule has 0 unspecified atom stereocenters. The molecule has 3 rings (SSSR count). The molecule has 1 aromatic heterocycles. The van der Waals surface area contributed by atoms with Crippen LogP contribution in [-0.4, -0.2) is 21.0 Å². The first-order chi connectivity index (χ1) is 10.3. The first-order valence-corrected chi connectivity index (χ1v) is 7.06. The summed E-state index contributed by atoms with van der Waals surface area (Å²) in [6.45, 7) is 0.337. The number of aliphatic hydroxyl groups excluding tert-OH is 1. The van der Waals surface area contributed by atoms with Crippen molar-refractivity contribution in [2.24, 2.45) is 0 Å². The molecule has 1 aliphatic rings. The zero-order chi connectivity index (χ0) is 14.7. The molecule has 1 saturated carbocycles. The van der Waals surface area contributed by atoms with Gasteiger partial charge in [0.05, 0.1) is 6.61 Å². The molecule has 0 radical (unpaired) electrons. The fourth-order valence-corrected chi connectivity index (χ4v) is 2.19. The number of nitrogens with zero attached hydrogens (tertiary/aromatic N) is 2. The van der Waals surface area contributed by atoms with Crippen molar-refractivity contribution >= 4 is 5.91 Å². The second kappa shape index (κ2) is 6.01. The zero-order valence-corrected chi connectivity index (χ0v) is 11.6. The van der Waals surface area contributed by atoms with Crippen LogP contribution in [0.15, 0.2) is 36.5 Å². The summed E-state index contributed by atoms with van der Waals surface area (Å²) in [6, 6.07) is 9.11. The molecule has 1 heterocycles. The summed E-state index contributed by atoms with van der Waals surface area (Å²) in [5.41, 5.74) is 2.12. The van der Waals surface area contributed by atoms with Crippen LogP contribution in [0.4, 0.5) is 0 Å². The number of benzene rings is 1. The van der Waals surface area contributed by atoms with Gasteiger partial charge in [-0.3, -0.25) is 4.79 Å². The van der Waals surface area contributed by atoms with Gasteiger partial charge in [0.25, 0.3) is 5.91 Å². The van der Waals surface area contributed by atoms with Gasteiger partial charge in [0.1, 0.15) is 11.5 Å². The molecule has 1 aromatic carbocycles. The van der Waals surface area contributed by atoms with Gasteiger partial charge in [-0.2, -0.15) is 0 Å². The van der Waals surface area contributed by atoms with Crippen molar-refractivity contribution in [1.82, 2.24) is 15.3 Å². The Balaban J connectivity index is 1.67. The van der Waals surface area contributed by atoms with Gasteiger partial charge in [-0.15, -0.1) is 0 Å². The molecular formula is C16H17N3O2. The summed E-state index contributed by atoms with van der Waals surface area (Å²) in [7, 11) is 0. The van der Waals surface area contributed by atoms with E-state index in [-0.39, 0.29) is 12.5 Å². The lowest BCUT2D eigenvalue weighted by Gasteiger charge is -2.09. The second-order valence-corrected chi connectivity index (χ2v) is 5.18. The van der Waals surface area contributed by atoms with Crippen molar-refractivity contribution in [1.29, 1.82) is 0 Å². The quantitative estimate of drug-likeness (QED) is 0.877. The minimum absolute atomic E-state index is 0.0363. The molecule has 2 aromatic rings.